The number of benzene rings is 1. The Morgan fingerprint density at radius 2 is 2.00 bits per heavy atom. The minimum Gasteiger partial charge on any atom is -0.398 e. The molecule has 2 aromatic heterocycles. The molecule has 3 aromatic rings. The lowest BCUT2D eigenvalue weighted by Crippen LogP contribution is -2.15. The molecule has 4 N–H and O–H groups in total. The predicted molar refractivity (Wildman–Crippen MR) is 102 cm³/mol. The zero-order valence-electron chi connectivity index (χ0n) is 14.9. The first-order valence-corrected chi connectivity index (χ1v) is 8.66. The van der Waals surface area contributed by atoms with E-state index in [1.807, 2.05) is 6.92 Å². The van der Waals surface area contributed by atoms with Gasteiger partial charge in [0.1, 0.15) is 5.69 Å². The molecule has 7 nitrogen and oxygen atoms in total. The van der Waals surface area contributed by atoms with Crippen molar-refractivity contribution in [2.45, 2.75) is 26.2 Å². The molecule has 0 spiro atoms. The number of hydrogen-bond donors (Lipinski definition) is 2. The quantitative estimate of drug-likeness (QED) is 0.488. The van der Waals surface area contributed by atoms with Gasteiger partial charge in [-0.05, 0) is 24.6 Å². The van der Waals surface area contributed by atoms with E-state index in [1.54, 1.807) is 42.7 Å². The SMILES string of the molecule is CCCCC(=O)c1onc(-c2cccnc2)c1-c1cccc(N)c1C(N)=O. The first-order chi connectivity index (χ1) is 13.0. The van der Waals surface area contributed by atoms with Crippen LogP contribution in [0.4, 0.5) is 5.69 Å². The molecule has 1 aromatic carbocycles. The Hall–Kier alpha value is -3.48. The van der Waals surface area contributed by atoms with Crippen LogP contribution >= 0.6 is 0 Å². The molecule has 0 aliphatic heterocycles. The zero-order chi connectivity index (χ0) is 19.4. The van der Waals surface area contributed by atoms with Crippen molar-refractivity contribution < 1.29 is 14.1 Å². The molecular weight excluding hydrogens is 344 g/mol. The molecule has 0 fully saturated rings. The van der Waals surface area contributed by atoms with Gasteiger partial charge in [-0.1, -0.05) is 30.6 Å². The highest BCUT2D eigenvalue weighted by atomic mass is 16.5. The molecule has 0 bridgehead atoms. The van der Waals surface area contributed by atoms with Crippen LogP contribution in [-0.2, 0) is 0 Å². The van der Waals surface area contributed by atoms with Gasteiger partial charge in [-0.3, -0.25) is 14.6 Å². The van der Waals surface area contributed by atoms with E-state index >= 15 is 0 Å². The van der Waals surface area contributed by atoms with Crippen molar-refractivity contribution >= 4 is 17.4 Å². The van der Waals surface area contributed by atoms with Gasteiger partial charge in [0.15, 0.2) is 0 Å². The Morgan fingerprint density at radius 1 is 1.19 bits per heavy atom. The average Bonchev–Trinajstić information content (AvgIpc) is 3.11. The molecule has 0 atom stereocenters. The van der Waals surface area contributed by atoms with E-state index < -0.39 is 5.91 Å². The van der Waals surface area contributed by atoms with E-state index in [9.17, 15) is 9.59 Å². The largest absolute Gasteiger partial charge is 0.398 e. The number of primary amides is 1. The number of anilines is 1. The lowest BCUT2D eigenvalue weighted by atomic mass is 9.92. The van der Waals surface area contributed by atoms with Gasteiger partial charge >= 0.3 is 0 Å². The molecule has 3 rings (SSSR count). The lowest BCUT2D eigenvalue weighted by Gasteiger charge is -2.10. The van der Waals surface area contributed by atoms with Crippen LogP contribution < -0.4 is 11.5 Å². The molecular formula is C20H20N4O3. The summed E-state index contributed by atoms with van der Waals surface area (Å²) in [5.41, 5.74) is 13.8. The van der Waals surface area contributed by atoms with E-state index in [-0.39, 0.29) is 22.8 Å². The van der Waals surface area contributed by atoms with Crippen LogP contribution in [0.25, 0.3) is 22.4 Å². The van der Waals surface area contributed by atoms with Crippen molar-refractivity contribution in [2.75, 3.05) is 5.73 Å². The standard InChI is InChI=1S/C20H20N4O3/c1-2-3-9-15(25)19-17(13-7-4-8-14(21)16(13)20(22)26)18(24-27-19)12-6-5-10-23-11-12/h4-8,10-11H,2-3,9,21H2,1H3,(H2,22,26). The summed E-state index contributed by atoms with van der Waals surface area (Å²) < 4.78 is 5.42. The minimum absolute atomic E-state index is 0.0930. The Labute approximate surface area is 156 Å². The molecule has 0 saturated carbocycles. The third-order valence-corrected chi connectivity index (χ3v) is 4.25. The van der Waals surface area contributed by atoms with Crippen LogP contribution in [0.5, 0.6) is 0 Å². The van der Waals surface area contributed by atoms with Crippen molar-refractivity contribution in [2.24, 2.45) is 5.73 Å². The molecule has 138 valence electrons. The van der Waals surface area contributed by atoms with Crippen molar-refractivity contribution in [1.29, 1.82) is 0 Å². The summed E-state index contributed by atoms with van der Waals surface area (Å²) in [5, 5.41) is 4.09. The zero-order valence-corrected chi connectivity index (χ0v) is 14.9. The van der Waals surface area contributed by atoms with Crippen LogP contribution in [-0.4, -0.2) is 21.8 Å². The number of Topliss-reactive ketones (excluding diaryl/α,β-unsaturated/α-hetero) is 1. The molecule has 0 unspecified atom stereocenters. The van der Waals surface area contributed by atoms with Crippen LogP contribution in [0.15, 0.2) is 47.2 Å². The number of nitrogen functional groups attached to an aromatic ring is 1. The molecule has 0 saturated heterocycles. The topological polar surface area (TPSA) is 125 Å². The molecule has 7 heteroatoms. The number of carbonyl (C=O) groups is 2. The first kappa shape index (κ1) is 18.3. The molecule has 0 aliphatic rings. The number of nitrogens with two attached hydrogens (primary N) is 2. The van der Waals surface area contributed by atoms with Gasteiger partial charge in [0.2, 0.25) is 11.5 Å². The number of carbonyl (C=O) groups excluding carboxylic acids is 2. The predicted octanol–water partition coefficient (Wildman–Crippen LogP) is 3.46. The Balaban J connectivity index is 2.27. The number of ketones is 1. The smallest absolute Gasteiger partial charge is 0.251 e. The number of pyridine rings is 1. The van der Waals surface area contributed by atoms with Crippen LogP contribution in [0.1, 0.15) is 47.1 Å². The van der Waals surface area contributed by atoms with E-state index in [4.69, 9.17) is 16.0 Å². The summed E-state index contributed by atoms with van der Waals surface area (Å²) >= 11 is 0. The second kappa shape index (κ2) is 7.82. The van der Waals surface area contributed by atoms with Crippen molar-refractivity contribution in [3.63, 3.8) is 0 Å². The van der Waals surface area contributed by atoms with Crippen molar-refractivity contribution in [3.05, 3.63) is 54.0 Å². The summed E-state index contributed by atoms with van der Waals surface area (Å²) in [5.74, 6) is -0.781. The van der Waals surface area contributed by atoms with Gasteiger partial charge < -0.3 is 16.0 Å². The Kier molecular flexibility index (Phi) is 5.30. The fraction of sp³-hybridized carbons (Fsp3) is 0.200. The van der Waals surface area contributed by atoms with E-state index in [2.05, 4.69) is 10.1 Å². The number of nitrogens with zero attached hydrogens (tertiary/aromatic N) is 2. The summed E-state index contributed by atoms with van der Waals surface area (Å²) in [7, 11) is 0. The van der Waals surface area contributed by atoms with Crippen LogP contribution in [0.2, 0.25) is 0 Å². The van der Waals surface area contributed by atoms with Gasteiger partial charge in [0.25, 0.3) is 5.91 Å². The van der Waals surface area contributed by atoms with Crippen molar-refractivity contribution in [1.82, 2.24) is 10.1 Å². The van der Waals surface area contributed by atoms with E-state index in [0.717, 1.165) is 12.8 Å². The number of aromatic nitrogens is 2. The maximum atomic E-state index is 12.7. The lowest BCUT2D eigenvalue weighted by molar-refractivity contribution is 0.0943. The van der Waals surface area contributed by atoms with Crippen molar-refractivity contribution in [3.8, 4) is 22.4 Å². The molecule has 1 amide bonds. The highest BCUT2D eigenvalue weighted by Crippen LogP contribution is 2.38. The molecule has 27 heavy (non-hydrogen) atoms. The monoisotopic (exact) mass is 364 g/mol. The third-order valence-electron chi connectivity index (χ3n) is 4.25. The number of unbranched alkanes of at least 4 members (excludes halogenated alkanes) is 1. The minimum atomic E-state index is -0.687. The van der Waals surface area contributed by atoms with Gasteiger partial charge in [-0.2, -0.15) is 0 Å². The van der Waals surface area contributed by atoms with Gasteiger partial charge in [-0.15, -0.1) is 0 Å². The molecule has 0 radical (unpaired) electrons. The average molecular weight is 364 g/mol. The van der Waals surface area contributed by atoms with Gasteiger partial charge in [0.05, 0.1) is 11.1 Å². The van der Waals surface area contributed by atoms with Crippen LogP contribution in [0, 0.1) is 0 Å². The van der Waals surface area contributed by atoms with E-state index in [0.29, 0.717) is 28.8 Å². The third kappa shape index (κ3) is 3.57. The second-order valence-corrected chi connectivity index (χ2v) is 6.14. The Morgan fingerprint density at radius 3 is 2.67 bits per heavy atom. The molecule has 2 heterocycles. The molecule has 0 aliphatic carbocycles. The maximum absolute atomic E-state index is 12.7. The van der Waals surface area contributed by atoms with E-state index in [1.165, 1.54) is 0 Å². The fourth-order valence-electron chi connectivity index (χ4n) is 2.93. The number of rotatable bonds is 7. The summed E-state index contributed by atoms with van der Waals surface area (Å²) in [6.07, 6.45) is 5.15. The van der Waals surface area contributed by atoms with Gasteiger partial charge in [-0.25, -0.2) is 0 Å². The second-order valence-electron chi connectivity index (χ2n) is 6.14. The first-order valence-electron chi connectivity index (χ1n) is 8.66. The highest BCUT2D eigenvalue weighted by Gasteiger charge is 2.27. The Bertz CT molecular complexity index is 980. The number of amides is 1. The fourth-order valence-corrected chi connectivity index (χ4v) is 2.93. The normalized spacial score (nSPS) is 10.7. The maximum Gasteiger partial charge on any atom is 0.251 e. The highest BCUT2D eigenvalue weighted by molar-refractivity contribution is 6.10. The van der Waals surface area contributed by atoms with Gasteiger partial charge in [0, 0.05) is 35.6 Å². The summed E-state index contributed by atoms with van der Waals surface area (Å²) in [4.78, 5) is 28.8. The summed E-state index contributed by atoms with van der Waals surface area (Å²) in [6, 6.07) is 8.50. The summed E-state index contributed by atoms with van der Waals surface area (Å²) in [6.45, 7) is 2.00. The number of hydrogen-bond acceptors (Lipinski definition) is 6. The van der Waals surface area contributed by atoms with Crippen LogP contribution in [0.3, 0.4) is 0 Å².